The van der Waals surface area contributed by atoms with Crippen LogP contribution in [-0.4, -0.2) is 49.1 Å². The highest BCUT2D eigenvalue weighted by molar-refractivity contribution is 9.10. The minimum atomic E-state index is -0.518. The molecule has 0 bridgehead atoms. The zero-order valence-electron chi connectivity index (χ0n) is 20.9. The number of anilines is 1. The van der Waals surface area contributed by atoms with Crippen molar-refractivity contribution in [1.29, 1.82) is 0 Å². The lowest BCUT2D eigenvalue weighted by Gasteiger charge is -2.18. The summed E-state index contributed by atoms with van der Waals surface area (Å²) in [7, 11) is 0. The second kappa shape index (κ2) is 14.4. The van der Waals surface area contributed by atoms with E-state index in [0.29, 0.717) is 21.3 Å². The normalized spacial score (nSPS) is 11.2. The number of hydrogen-bond donors (Lipinski definition) is 3. The Hall–Kier alpha value is -3.40. The minimum Gasteiger partial charge on any atom is -0.321 e. The Labute approximate surface area is 225 Å². The summed E-state index contributed by atoms with van der Waals surface area (Å²) in [5.41, 5.74) is 5.05. The average molecular weight is 568 g/mol. The first-order chi connectivity index (χ1) is 17.9. The van der Waals surface area contributed by atoms with E-state index in [4.69, 9.17) is 0 Å². The number of hydrazone groups is 1. The van der Waals surface area contributed by atoms with Crippen LogP contribution in [-0.2, 0) is 6.54 Å². The highest BCUT2D eigenvalue weighted by atomic mass is 79.9. The highest BCUT2D eigenvalue weighted by Gasteiger charge is 2.15. The van der Waals surface area contributed by atoms with E-state index >= 15 is 0 Å². The lowest BCUT2D eigenvalue weighted by Crippen LogP contribution is -2.31. The third-order valence-electron chi connectivity index (χ3n) is 5.75. The van der Waals surface area contributed by atoms with Crippen LogP contribution in [0.15, 0.2) is 76.3 Å². The predicted octanol–water partition coefficient (Wildman–Crippen LogP) is 5.04. The molecule has 0 spiro atoms. The van der Waals surface area contributed by atoms with Gasteiger partial charge in [-0.3, -0.25) is 9.59 Å². The Kier molecular flexibility index (Phi) is 10.9. The number of nitrogens with one attached hydrogen (secondary N) is 3. The molecule has 0 atom stereocenters. The molecule has 37 heavy (non-hydrogen) atoms. The van der Waals surface area contributed by atoms with Gasteiger partial charge in [0, 0.05) is 29.7 Å². The molecule has 0 saturated heterocycles. The van der Waals surface area contributed by atoms with Crippen LogP contribution in [0.5, 0.6) is 0 Å². The van der Waals surface area contributed by atoms with E-state index in [1.54, 1.807) is 42.5 Å². The van der Waals surface area contributed by atoms with Gasteiger partial charge in [0.05, 0.1) is 17.5 Å². The van der Waals surface area contributed by atoms with Gasteiger partial charge in [-0.25, -0.2) is 9.82 Å². The lowest BCUT2D eigenvalue weighted by molar-refractivity contribution is 0.0956. The predicted molar refractivity (Wildman–Crippen MR) is 149 cm³/mol. The van der Waals surface area contributed by atoms with Crippen molar-refractivity contribution in [2.24, 2.45) is 5.10 Å². The second-order valence-corrected chi connectivity index (χ2v) is 9.21. The molecule has 3 rings (SSSR count). The SMILES string of the molecule is CCN(CC)CCNCc1ccc(C(=O)Nc2ccc(Br)cc2C(=O)NN=Cc2cccc(F)c2)cc1. The third-order valence-corrected chi connectivity index (χ3v) is 6.24. The summed E-state index contributed by atoms with van der Waals surface area (Å²) in [6.07, 6.45) is 1.34. The smallest absolute Gasteiger partial charge is 0.273 e. The van der Waals surface area contributed by atoms with Crippen LogP contribution in [0.3, 0.4) is 0 Å². The van der Waals surface area contributed by atoms with Gasteiger partial charge < -0.3 is 15.5 Å². The first-order valence-electron chi connectivity index (χ1n) is 12.1. The molecule has 3 N–H and O–H groups in total. The van der Waals surface area contributed by atoms with Gasteiger partial charge in [0.2, 0.25) is 0 Å². The van der Waals surface area contributed by atoms with Crippen LogP contribution in [0.2, 0.25) is 0 Å². The monoisotopic (exact) mass is 567 g/mol. The van der Waals surface area contributed by atoms with Crippen molar-refractivity contribution in [2.45, 2.75) is 20.4 Å². The van der Waals surface area contributed by atoms with Crippen molar-refractivity contribution in [2.75, 3.05) is 31.5 Å². The molecule has 194 valence electrons. The number of halogens is 2. The van der Waals surface area contributed by atoms with Gasteiger partial charge in [-0.2, -0.15) is 5.10 Å². The van der Waals surface area contributed by atoms with Gasteiger partial charge in [-0.1, -0.05) is 54.0 Å². The minimum absolute atomic E-state index is 0.230. The lowest BCUT2D eigenvalue weighted by atomic mass is 10.1. The summed E-state index contributed by atoms with van der Waals surface area (Å²) in [6, 6.07) is 18.2. The van der Waals surface area contributed by atoms with E-state index in [2.05, 4.69) is 55.8 Å². The summed E-state index contributed by atoms with van der Waals surface area (Å²) in [4.78, 5) is 28.0. The van der Waals surface area contributed by atoms with Gasteiger partial charge in [-0.05, 0) is 66.7 Å². The van der Waals surface area contributed by atoms with E-state index in [-0.39, 0.29) is 11.5 Å². The number of likely N-dealkylation sites (N-methyl/N-ethyl adjacent to an activating group) is 1. The standard InChI is InChI=1S/C28H31BrFN5O2/c1-3-35(4-2)15-14-31-18-20-8-10-22(11-9-20)27(36)33-26-13-12-23(29)17-25(26)28(37)34-32-19-21-6-5-7-24(30)16-21/h5-13,16-17,19,31H,3-4,14-15,18H2,1-2H3,(H,33,36)(H,34,37). The van der Waals surface area contributed by atoms with Gasteiger partial charge in [0.1, 0.15) is 5.82 Å². The first kappa shape index (κ1) is 28.2. The highest BCUT2D eigenvalue weighted by Crippen LogP contribution is 2.22. The molecule has 0 radical (unpaired) electrons. The van der Waals surface area contributed by atoms with Crippen molar-refractivity contribution in [1.82, 2.24) is 15.6 Å². The van der Waals surface area contributed by atoms with Gasteiger partial charge in [-0.15, -0.1) is 0 Å². The third kappa shape index (κ3) is 8.89. The van der Waals surface area contributed by atoms with Gasteiger partial charge in [0.25, 0.3) is 11.8 Å². The molecular formula is C28H31BrFN5O2. The Morgan fingerprint density at radius 1 is 1.00 bits per heavy atom. The van der Waals surface area contributed by atoms with Gasteiger partial charge in [0.15, 0.2) is 0 Å². The Morgan fingerprint density at radius 3 is 2.46 bits per heavy atom. The molecule has 9 heteroatoms. The molecule has 7 nitrogen and oxygen atoms in total. The second-order valence-electron chi connectivity index (χ2n) is 8.30. The molecule has 0 heterocycles. The quantitative estimate of drug-likeness (QED) is 0.163. The van der Waals surface area contributed by atoms with Crippen LogP contribution >= 0.6 is 15.9 Å². The largest absolute Gasteiger partial charge is 0.321 e. The first-order valence-corrected chi connectivity index (χ1v) is 12.9. The van der Waals surface area contributed by atoms with Crippen molar-refractivity contribution in [3.63, 3.8) is 0 Å². The van der Waals surface area contributed by atoms with E-state index in [9.17, 15) is 14.0 Å². The maximum atomic E-state index is 13.3. The molecular weight excluding hydrogens is 537 g/mol. The number of hydrogen-bond acceptors (Lipinski definition) is 5. The van der Waals surface area contributed by atoms with Crippen molar-refractivity contribution in [3.8, 4) is 0 Å². The summed E-state index contributed by atoms with van der Waals surface area (Å²) in [5.74, 6) is -1.25. The molecule has 0 aromatic heterocycles. The number of amides is 2. The zero-order valence-corrected chi connectivity index (χ0v) is 22.5. The van der Waals surface area contributed by atoms with Crippen molar-refractivity contribution in [3.05, 3.63) is 99.3 Å². The summed E-state index contributed by atoms with van der Waals surface area (Å²) < 4.78 is 14.0. The molecule has 2 amide bonds. The molecule has 3 aromatic rings. The number of benzene rings is 3. The molecule has 0 aliphatic rings. The Morgan fingerprint density at radius 2 is 1.76 bits per heavy atom. The van der Waals surface area contributed by atoms with Crippen LogP contribution in [0.1, 0.15) is 45.7 Å². The molecule has 0 fully saturated rings. The Bertz CT molecular complexity index is 1230. The summed E-state index contributed by atoms with van der Waals surface area (Å²) in [6.45, 7) is 8.98. The van der Waals surface area contributed by atoms with Gasteiger partial charge >= 0.3 is 0 Å². The molecule has 0 aliphatic heterocycles. The molecule has 0 unspecified atom stereocenters. The number of carbonyl (C=O) groups excluding carboxylic acids is 2. The maximum Gasteiger partial charge on any atom is 0.273 e. The zero-order chi connectivity index (χ0) is 26.6. The summed E-state index contributed by atoms with van der Waals surface area (Å²) in [5, 5.41) is 10.1. The van der Waals surface area contributed by atoms with Crippen molar-refractivity contribution < 1.29 is 14.0 Å². The fourth-order valence-corrected chi connectivity index (χ4v) is 3.97. The maximum absolute atomic E-state index is 13.3. The number of carbonyl (C=O) groups is 2. The fourth-order valence-electron chi connectivity index (χ4n) is 3.60. The van der Waals surface area contributed by atoms with Crippen LogP contribution in [0, 0.1) is 5.82 Å². The Balaban J connectivity index is 1.60. The average Bonchev–Trinajstić information content (AvgIpc) is 2.90. The van der Waals surface area contributed by atoms with E-state index in [1.165, 1.54) is 18.3 Å². The number of rotatable bonds is 12. The van der Waals surface area contributed by atoms with E-state index in [0.717, 1.165) is 38.3 Å². The van der Waals surface area contributed by atoms with Crippen molar-refractivity contribution >= 4 is 39.6 Å². The topological polar surface area (TPSA) is 85.8 Å². The van der Waals surface area contributed by atoms with E-state index in [1.807, 2.05) is 12.1 Å². The van der Waals surface area contributed by atoms with Crippen LogP contribution < -0.4 is 16.1 Å². The van der Waals surface area contributed by atoms with Crippen LogP contribution in [0.25, 0.3) is 0 Å². The molecule has 3 aromatic carbocycles. The summed E-state index contributed by atoms with van der Waals surface area (Å²) >= 11 is 3.36. The van der Waals surface area contributed by atoms with E-state index < -0.39 is 11.7 Å². The molecule has 0 saturated carbocycles. The molecule has 0 aliphatic carbocycles. The van der Waals surface area contributed by atoms with Crippen LogP contribution in [0.4, 0.5) is 10.1 Å². The number of nitrogens with zero attached hydrogens (tertiary/aromatic N) is 2. The fraction of sp³-hybridized carbons (Fsp3) is 0.250.